The molecule has 1 aliphatic heterocycles. The number of hydrogen-bond acceptors (Lipinski definition) is 4. The second-order valence-electron chi connectivity index (χ2n) is 19.8. The Morgan fingerprint density at radius 3 is 1.81 bits per heavy atom. The highest BCUT2D eigenvalue weighted by molar-refractivity contribution is 6.19. The van der Waals surface area contributed by atoms with Crippen LogP contribution >= 0.6 is 0 Å². The van der Waals surface area contributed by atoms with Gasteiger partial charge in [0, 0.05) is 66.3 Å². The molecule has 3 aromatic heterocycles. The highest BCUT2D eigenvalue weighted by atomic mass is 16.3. The fraction of sp³-hybridized carbons (Fsp3) is 0.0606. The molecule has 15 rings (SSSR count). The summed E-state index contributed by atoms with van der Waals surface area (Å²) in [6.45, 7) is 4.73. The molecule has 6 heteroatoms. The topological polar surface area (TPSA) is 59.8 Å². The highest BCUT2D eigenvalue weighted by Gasteiger charge is 2.36. The van der Waals surface area contributed by atoms with Crippen LogP contribution in [0.4, 0.5) is 0 Å². The van der Waals surface area contributed by atoms with Crippen molar-refractivity contribution in [3.8, 4) is 33.6 Å². The average Bonchev–Trinajstić information content (AvgIpc) is 4.14. The Balaban J connectivity index is 0.920. The van der Waals surface area contributed by atoms with Gasteiger partial charge in [-0.05, 0) is 112 Å². The monoisotopic (exact) mass is 923 g/mol. The number of aliphatic imine (C=N–C) groups is 2. The lowest BCUT2D eigenvalue weighted by Crippen LogP contribution is -2.33. The van der Waals surface area contributed by atoms with Crippen molar-refractivity contribution in [3.63, 3.8) is 0 Å². The van der Waals surface area contributed by atoms with Crippen LogP contribution in [0.1, 0.15) is 47.8 Å². The summed E-state index contributed by atoms with van der Waals surface area (Å²) in [5.41, 5.74) is 19.1. The number of aromatic nitrogens is 2. The molecule has 13 aromatic rings. The average molecular weight is 924 g/mol. The molecule has 72 heavy (non-hydrogen) atoms. The second-order valence-corrected chi connectivity index (χ2v) is 19.8. The second kappa shape index (κ2) is 15.4. The van der Waals surface area contributed by atoms with Crippen molar-refractivity contribution < 1.29 is 4.42 Å². The van der Waals surface area contributed by atoms with Gasteiger partial charge in [-0.1, -0.05) is 159 Å². The van der Waals surface area contributed by atoms with Crippen LogP contribution in [0.25, 0.3) is 99.2 Å². The minimum Gasteiger partial charge on any atom is -0.456 e. The molecule has 1 atom stereocenters. The largest absolute Gasteiger partial charge is 0.456 e. The van der Waals surface area contributed by atoms with Crippen LogP contribution in [0, 0.1) is 0 Å². The van der Waals surface area contributed by atoms with Gasteiger partial charge >= 0.3 is 0 Å². The zero-order valence-electron chi connectivity index (χ0n) is 39.6. The van der Waals surface area contributed by atoms with E-state index in [2.05, 4.69) is 222 Å². The summed E-state index contributed by atoms with van der Waals surface area (Å²) in [7, 11) is 0. The predicted molar refractivity (Wildman–Crippen MR) is 297 cm³/mol. The summed E-state index contributed by atoms with van der Waals surface area (Å²) in [4.78, 5) is 10.3. The third-order valence-electron chi connectivity index (χ3n) is 15.3. The minimum atomic E-state index is -0.302. The van der Waals surface area contributed by atoms with Crippen molar-refractivity contribution in [2.45, 2.75) is 25.4 Å². The molecule has 0 bridgehead atoms. The number of amidine groups is 2. The van der Waals surface area contributed by atoms with Gasteiger partial charge in [-0.3, -0.25) is 0 Å². The van der Waals surface area contributed by atoms with E-state index in [9.17, 15) is 0 Å². The van der Waals surface area contributed by atoms with Crippen LogP contribution in [0.2, 0.25) is 0 Å². The van der Waals surface area contributed by atoms with Gasteiger partial charge in [-0.2, -0.15) is 0 Å². The lowest BCUT2D eigenvalue weighted by molar-refractivity contribution is 0.661. The number of fused-ring (bicyclic) bond motifs is 12. The van der Waals surface area contributed by atoms with Crippen molar-refractivity contribution in [2.75, 3.05) is 0 Å². The SMILES string of the molecule is CC1(C)c2ccccc2-c2cc3c4cc(-c5ccc6c(c5)c5cc7c(cc5n6-c5cccc(C6=NC(c8ccccc8)=NC(c8ccccc8)N6)c5)oc5ccccc57)ccc4n(-c4ccccc4)c3cc21. The third kappa shape index (κ3) is 6.09. The summed E-state index contributed by atoms with van der Waals surface area (Å²) in [5.74, 6) is 1.46. The molecule has 0 saturated carbocycles. The van der Waals surface area contributed by atoms with Crippen LogP contribution in [0.15, 0.2) is 239 Å². The number of nitrogens with zero attached hydrogens (tertiary/aromatic N) is 4. The van der Waals surface area contributed by atoms with Crippen molar-refractivity contribution in [1.82, 2.24) is 14.5 Å². The lowest BCUT2D eigenvalue weighted by Gasteiger charge is -2.24. The third-order valence-corrected chi connectivity index (χ3v) is 15.3. The number of para-hydroxylation sites is 2. The smallest absolute Gasteiger partial charge is 0.159 e. The van der Waals surface area contributed by atoms with Crippen molar-refractivity contribution in [3.05, 3.63) is 252 Å². The molecule has 0 spiro atoms. The number of hydrogen-bond donors (Lipinski definition) is 1. The van der Waals surface area contributed by atoms with E-state index >= 15 is 0 Å². The molecule has 1 unspecified atom stereocenters. The number of rotatable bonds is 6. The maximum absolute atomic E-state index is 6.58. The van der Waals surface area contributed by atoms with E-state index in [0.717, 1.165) is 77.8 Å². The summed E-state index contributed by atoms with van der Waals surface area (Å²) < 4.78 is 11.4. The first kappa shape index (κ1) is 40.6. The molecular formula is C66H45N5O. The lowest BCUT2D eigenvalue weighted by atomic mass is 9.82. The van der Waals surface area contributed by atoms with Crippen LogP contribution in [-0.2, 0) is 5.41 Å². The normalized spacial score (nSPS) is 15.1. The van der Waals surface area contributed by atoms with E-state index in [1.807, 2.05) is 30.3 Å². The molecule has 0 fully saturated rings. The first-order chi connectivity index (χ1) is 35.4. The predicted octanol–water partition coefficient (Wildman–Crippen LogP) is 16.2. The summed E-state index contributed by atoms with van der Waals surface area (Å²) in [6, 6.07) is 80.8. The summed E-state index contributed by atoms with van der Waals surface area (Å²) >= 11 is 0. The van der Waals surface area contributed by atoms with Crippen LogP contribution in [-0.4, -0.2) is 20.8 Å². The highest BCUT2D eigenvalue weighted by Crippen LogP contribution is 2.51. The fourth-order valence-corrected chi connectivity index (χ4v) is 11.9. The van der Waals surface area contributed by atoms with E-state index in [1.54, 1.807) is 0 Å². The molecular weight excluding hydrogens is 879 g/mol. The van der Waals surface area contributed by atoms with Gasteiger partial charge < -0.3 is 18.9 Å². The number of benzene rings is 10. The van der Waals surface area contributed by atoms with Gasteiger partial charge in [0.2, 0.25) is 0 Å². The zero-order chi connectivity index (χ0) is 47.7. The van der Waals surface area contributed by atoms with Crippen LogP contribution in [0.3, 0.4) is 0 Å². The first-order valence-corrected chi connectivity index (χ1v) is 24.7. The Labute approximate surface area is 415 Å². The Morgan fingerprint density at radius 2 is 1.03 bits per heavy atom. The Hall–Kier alpha value is -9.26. The van der Waals surface area contributed by atoms with E-state index in [4.69, 9.17) is 14.4 Å². The molecule has 6 nitrogen and oxygen atoms in total. The molecule has 2 aliphatic rings. The van der Waals surface area contributed by atoms with Gasteiger partial charge in [-0.25, -0.2) is 9.98 Å². The van der Waals surface area contributed by atoms with Gasteiger partial charge in [-0.15, -0.1) is 0 Å². The van der Waals surface area contributed by atoms with Crippen molar-refractivity contribution in [2.24, 2.45) is 9.98 Å². The fourth-order valence-electron chi connectivity index (χ4n) is 11.9. The molecule has 1 aliphatic carbocycles. The Kier molecular flexibility index (Phi) is 8.67. The maximum Gasteiger partial charge on any atom is 0.159 e. The van der Waals surface area contributed by atoms with Gasteiger partial charge in [0.05, 0.1) is 22.1 Å². The van der Waals surface area contributed by atoms with Crippen LogP contribution in [0.5, 0.6) is 0 Å². The number of nitrogens with one attached hydrogen (secondary N) is 1. The molecule has 340 valence electrons. The van der Waals surface area contributed by atoms with E-state index in [-0.39, 0.29) is 11.6 Å². The minimum absolute atomic E-state index is 0.111. The van der Waals surface area contributed by atoms with Gasteiger partial charge in [0.15, 0.2) is 5.84 Å². The molecule has 10 aromatic carbocycles. The van der Waals surface area contributed by atoms with E-state index < -0.39 is 0 Å². The summed E-state index contributed by atoms with van der Waals surface area (Å²) in [6.07, 6.45) is -0.302. The van der Waals surface area contributed by atoms with E-state index in [1.165, 1.54) is 55.0 Å². The van der Waals surface area contributed by atoms with Crippen LogP contribution < -0.4 is 5.32 Å². The van der Waals surface area contributed by atoms with Crippen molar-refractivity contribution in [1.29, 1.82) is 0 Å². The molecule has 0 radical (unpaired) electrons. The quantitative estimate of drug-likeness (QED) is 0.181. The Bertz CT molecular complexity index is 4440. The Morgan fingerprint density at radius 1 is 0.417 bits per heavy atom. The molecule has 1 N–H and O–H groups in total. The van der Waals surface area contributed by atoms with Crippen molar-refractivity contribution >= 4 is 77.2 Å². The molecule has 0 saturated heterocycles. The molecule has 0 amide bonds. The van der Waals surface area contributed by atoms with E-state index in [0.29, 0.717) is 5.84 Å². The number of furan rings is 1. The molecule has 4 heterocycles. The van der Waals surface area contributed by atoms with Gasteiger partial charge in [0.1, 0.15) is 23.2 Å². The first-order valence-electron chi connectivity index (χ1n) is 24.7. The summed E-state index contributed by atoms with van der Waals surface area (Å²) in [5, 5.41) is 10.7. The standard InChI is InChI=1S/C66H45N5O/c1-66(2)55-27-14-12-25-47(55)49-36-52-50-34-42(29-31-57(50)70(59(52)38-56(49)66)45-22-10-5-11-23-45)43-30-32-58-51(35-43)53-37-54-48-26-13-15-28-61(48)72-62(54)39-60(53)71(58)46-24-16-21-44(33-46)65-68-63(40-17-6-3-7-18-40)67-64(69-65)41-19-8-4-9-20-41/h3-39,63H,1-2H3,(H,67,68,69). The van der Waals surface area contributed by atoms with Gasteiger partial charge in [0.25, 0.3) is 0 Å². The zero-order valence-corrected chi connectivity index (χ0v) is 39.6. The maximum atomic E-state index is 6.58.